The summed E-state index contributed by atoms with van der Waals surface area (Å²) in [5, 5.41) is 0. The number of aromatic amines is 1. The van der Waals surface area contributed by atoms with Crippen LogP contribution in [0.4, 0.5) is 0 Å². The third-order valence-electron chi connectivity index (χ3n) is 2.31. The molecule has 1 aliphatic carbocycles. The summed E-state index contributed by atoms with van der Waals surface area (Å²) < 4.78 is 1.66. The lowest BCUT2D eigenvalue weighted by Gasteiger charge is -2.03. The van der Waals surface area contributed by atoms with Crippen molar-refractivity contribution in [3.05, 3.63) is 22.4 Å². The van der Waals surface area contributed by atoms with Crippen LogP contribution in [0.5, 0.6) is 0 Å². The molecule has 0 saturated heterocycles. The monoisotopic (exact) mass is 181 g/mol. The highest BCUT2D eigenvalue weighted by Crippen LogP contribution is 2.38. The molecular weight excluding hydrogens is 166 g/mol. The Kier molecular flexibility index (Phi) is 2.00. The van der Waals surface area contributed by atoms with Crippen molar-refractivity contribution < 1.29 is 0 Å². The van der Waals surface area contributed by atoms with Crippen molar-refractivity contribution in [3.8, 4) is 0 Å². The van der Waals surface area contributed by atoms with E-state index in [1.54, 1.807) is 4.57 Å². The summed E-state index contributed by atoms with van der Waals surface area (Å²) in [4.78, 5) is 14.2. The first-order valence-electron chi connectivity index (χ1n) is 4.71. The Hall–Kier alpha value is -1.03. The third kappa shape index (κ3) is 1.83. The molecule has 0 amide bonds. The Balaban J connectivity index is 2.20. The lowest BCUT2D eigenvalue weighted by molar-refractivity contribution is 0.575. The van der Waals surface area contributed by atoms with Gasteiger partial charge in [-0.15, -0.1) is 0 Å². The largest absolute Gasteiger partial charge is 0.326 e. The van der Waals surface area contributed by atoms with Crippen LogP contribution in [0.15, 0.2) is 11.0 Å². The molecule has 4 nitrogen and oxygen atoms in total. The lowest BCUT2D eigenvalue weighted by Crippen LogP contribution is -2.27. The predicted octanol–water partition coefficient (Wildman–Crippen LogP) is 0.401. The minimum Gasteiger partial charge on any atom is -0.326 e. The molecule has 1 aromatic rings. The molecule has 0 spiro atoms. The first-order valence-corrected chi connectivity index (χ1v) is 4.71. The van der Waals surface area contributed by atoms with Crippen LogP contribution in [-0.2, 0) is 6.54 Å². The summed E-state index contributed by atoms with van der Waals surface area (Å²) in [6.07, 6.45) is 4.32. The summed E-state index contributed by atoms with van der Waals surface area (Å²) in [5.74, 6) is 0.599. The quantitative estimate of drug-likeness (QED) is 0.709. The maximum absolute atomic E-state index is 11.4. The molecule has 13 heavy (non-hydrogen) atoms. The van der Waals surface area contributed by atoms with Gasteiger partial charge in [-0.2, -0.15) is 0 Å². The summed E-state index contributed by atoms with van der Waals surface area (Å²) >= 11 is 0. The first kappa shape index (κ1) is 8.56. The van der Waals surface area contributed by atoms with E-state index in [0.717, 1.165) is 5.69 Å². The van der Waals surface area contributed by atoms with Crippen molar-refractivity contribution in [2.24, 2.45) is 5.73 Å². The van der Waals surface area contributed by atoms with E-state index in [1.165, 1.54) is 12.8 Å². The van der Waals surface area contributed by atoms with Gasteiger partial charge in [0.25, 0.3) is 0 Å². The third-order valence-corrected chi connectivity index (χ3v) is 2.31. The molecule has 4 heteroatoms. The van der Waals surface area contributed by atoms with E-state index in [-0.39, 0.29) is 11.7 Å². The van der Waals surface area contributed by atoms with Crippen LogP contribution in [0, 0.1) is 0 Å². The summed E-state index contributed by atoms with van der Waals surface area (Å²) in [7, 11) is 0. The second-order valence-corrected chi connectivity index (χ2v) is 3.92. The summed E-state index contributed by atoms with van der Waals surface area (Å²) in [6.45, 7) is 2.50. The Morgan fingerprint density at radius 1 is 1.77 bits per heavy atom. The van der Waals surface area contributed by atoms with Gasteiger partial charge in [0.15, 0.2) is 0 Å². The van der Waals surface area contributed by atoms with Gasteiger partial charge in [-0.05, 0) is 19.8 Å². The predicted molar refractivity (Wildman–Crippen MR) is 50.7 cm³/mol. The van der Waals surface area contributed by atoms with Crippen molar-refractivity contribution in [2.45, 2.75) is 38.3 Å². The van der Waals surface area contributed by atoms with Gasteiger partial charge < -0.3 is 10.7 Å². The fraction of sp³-hybridized carbons (Fsp3) is 0.667. The topological polar surface area (TPSA) is 63.8 Å². The molecule has 1 aliphatic rings. The van der Waals surface area contributed by atoms with Crippen LogP contribution in [0.1, 0.15) is 31.4 Å². The molecule has 0 aliphatic heterocycles. The van der Waals surface area contributed by atoms with Gasteiger partial charge in [0.2, 0.25) is 0 Å². The first-order chi connectivity index (χ1) is 6.16. The average molecular weight is 181 g/mol. The summed E-state index contributed by atoms with van der Waals surface area (Å²) in [6, 6.07) is 0.0283. The maximum Gasteiger partial charge on any atom is 0.325 e. The fourth-order valence-electron chi connectivity index (χ4n) is 1.50. The van der Waals surface area contributed by atoms with E-state index in [0.29, 0.717) is 12.5 Å². The zero-order valence-electron chi connectivity index (χ0n) is 7.79. The van der Waals surface area contributed by atoms with Crippen molar-refractivity contribution in [2.75, 3.05) is 0 Å². The van der Waals surface area contributed by atoms with Gasteiger partial charge in [-0.3, -0.25) is 4.57 Å². The Bertz CT molecular complexity index is 346. The summed E-state index contributed by atoms with van der Waals surface area (Å²) in [5.41, 5.74) is 6.67. The number of rotatable bonds is 3. The van der Waals surface area contributed by atoms with Crippen LogP contribution in [0.2, 0.25) is 0 Å². The van der Waals surface area contributed by atoms with Gasteiger partial charge in [0, 0.05) is 30.4 Å². The van der Waals surface area contributed by atoms with Crippen molar-refractivity contribution in [1.29, 1.82) is 0 Å². The van der Waals surface area contributed by atoms with Gasteiger partial charge in [0.05, 0.1) is 0 Å². The van der Waals surface area contributed by atoms with E-state index in [4.69, 9.17) is 5.73 Å². The Morgan fingerprint density at radius 3 is 3.00 bits per heavy atom. The highest BCUT2D eigenvalue weighted by molar-refractivity contribution is 5.11. The van der Waals surface area contributed by atoms with Crippen LogP contribution >= 0.6 is 0 Å². The molecule has 2 rings (SSSR count). The minimum absolute atomic E-state index is 0.0283. The highest BCUT2D eigenvalue weighted by Gasteiger charge is 2.25. The van der Waals surface area contributed by atoms with Crippen LogP contribution in [-0.4, -0.2) is 15.6 Å². The highest BCUT2D eigenvalue weighted by atomic mass is 16.1. The van der Waals surface area contributed by atoms with E-state index >= 15 is 0 Å². The van der Waals surface area contributed by atoms with E-state index < -0.39 is 0 Å². The van der Waals surface area contributed by atoms with Crippen molar-refractivity contribution in [3.63, 3.8) is 0 Å². The molecule has 1 saturated carbocycles. The number of nitrogens with two attached hydrogens (primary N) is 1. The SMILES string of the molecule is CC(N)Cn1cc(C2CC2)[nH]c1=O. The number of nitrogens with zero attached hydrogens (tertiary/aromatic N) is 1. The maximum atomic E-state index is 11.4. The fourth-order valence-corrected chi connectivity index (χ4v) is 1.50. The van der Waals surface area contributed by atoms with Crippen LogP contribution in [0.3, 0.4) is 0 Å². The van der Waals surface area contributed by atoms with Crippen LogP contribution < -0.4 is 11.4 Å². The van der Waals surface area contributed by atoms with Crippen molar-refractivity contribution >= 4 is 0 Å². The zero-order chi connectivity index (χ0) is 9.42. The Morgan fingerprint density at radius 2 is 2.46 bits per heavy atom. The second kappa shape index (κ2) is 3.03. The minimum atomic E-state index is -0.0285. The molecule has 0 bridgehead atoms. The Labute approximate surface area is 76.8 Å². The molecular formula is C9H15N3O. The number of nitrogens with one attached hydrogen (secondary N) is 1. The molecule has 3 N–H and O–H groups in total. The van der Waals surface area contributed by atoms with Crippen molar-refractivity contribution in [1.82, 2.24) is 9.55 Å². The standard InChI is InChI=1S/C9H15N3O/c1-6(10)4-12-5-8(7-2-3-7)11-9(12)13/h5-7H,2-4,10H2,1H3,(H,11,13). The molecule has 1 atom stereocenters. The number of hydrogen-bond donors (Lipinski definition) is 2. The molecule has 1 fully saturated rings. The van der Waals surface area contributed by atoms with Crippen LogP contribution in [0.25, 0.3) is 0 Å². The number of imidazole rings is 1. The second-order valence-electron chi connectivity index (χ2n) is 3.92. The number of aromatic nitrogens is 2. The molecule has 72 valence electrons. The molecule has 1 aromatic heterocycles. The number of hydrogen-bond acceptors (Lipinski definition) is 2. The normalized spacial score (nSPS) is 18.9. The van der Waals surface area contributed by atoms with E-state index in [9.17, 15) is 4.79 Å². The zero-order valence-corrected chi connectivity index (χ0v) is 7.79. The van der Waals surface area contributed by atoms with E-state index in [2.05, 4.69) is 4.98 Å². The lowest BCUT2D eigenvalue weighted by atomic mass is 10.3. The average Bonchev–Trinajstić information content (AvgIpc) is 2.79. The van der Waals surface area contributed by atoms with Gasteiger partial charge in [-0.25, -0.2) is 4.79 Å². The smallest absolute Gasteiger partial charge is 0.325 e. The molecule has 1 heterocycles. The number of H-pyrrole nitrogens is 1. The van der Waals surface area contributed by atoms with Gasteiger partial charge in [-0.1, -0.05) is 0 Å². The van der Waals surface area contributed by atoms with Gasteiger partial charge >= 0.3 is 5.69 Å². The van der Waals surface area contributed by atoms with E-state index in [1.807, 2.05) is 13.1 Å². The molecule has 1 unspecified atom stereocenters. The molecule has 0 radical (unpaired) electrons. The molecule has 0 aromatic carbocycles. The van der Waals surface area contributed by atoms with Gasteiger partial charge in [0.1, 0.15) is 0 Å².